The van der Waals surface area contributed by atoms with E-state index in [2.05, 4.69) is 4.98 Å². The largest absolute Gasteiger partial charge is 0.493 e. The predicted octanol–water partition coefficient (Wildman–Crippen LogP) is 4.66. The number of hydrogen-bond acceptors (Lipinski definition) is 5. The second kappa shape index (κ2) is 8.22. The Labute approximate surface area is 163 Å². The highest BCUT2D eigenvalue weighted by Crippen LogP contribution is 2.39. The lowest BCUT2D eigenvalue weighted by atomic mass is 10.1. The molecule has 6 heteroatoms. The van der Waals surface area contributed by atoms with Crippen molar-refractivity contribution < 1.29 is 14.3 Å². The van der Waals surface area contributed by atoms with Gasteiger partial charge in [0.2, 0.25) is 0 Å². The lowest BCUT2D eigenvalue weighted by Crippen LogP contribution is -2.29. The molecular formula is C21H22N2O3S. The third-order valence-corrected chi connectivity index (χ3v) is 5.42. The third kappa shape index (κ3) is 3.80. The molecule has 0 spiro atoms. The molecule has 0 N–H and O–H groups in total. The van der Waals surface area contributed by atoms with Crippen LogP contribution < -0.4 is 9.47 Å². The van der Waals surface area contributed by atoms with E-state index in [1.165, 1.54) is 11.3 Å². The molecule has 1 aromatic heterocycles. The molecular weight excluding hydrogens is 360 g/mol. The SMILES string of the molecule is COc1cccc(-c2nc(C(=O)N(C)[C@@H](C)c3ccccc3)cs2)c1OC. The number of para-hydroxylation sites is 1. The first-order valence-electron chi connectivity index (χ1n) is 8.55. The molecule has 5 nitrogen and oxygen atoms in total. The number of nitrogens with zero attached hydrogens (tertiary/aromatic N) is 2. The number of methoxy groups -OCH3 is 2. The Bertz CT molecular complexity index is 924. The van der Waals surface area contributed by atoms with E-state index in [0.717, 1.165) is 16.1 Å². The highest BCUT2D eigenvalue weighted by atomic mass is 32.1. The minimum Gasteiger partial charge on any atom is -0.493 e. The van der Waals surface area contributed by atoms with Gasteiger partial charge >= 0.3 is 0 Å². The highest BCUT2D eigenvalue weighted by molar-refractivity contribution is 7.13. The van der Waals surface area contributed by atoms with Gasteiger partial charge in [-0.1, -0.05) is 36.4 Å². The smallest absolute Gasteiger partial charge is 0.273 e. The molecule has 1 heterocycles. The average Bonchev–Trinajstić information content (AvgIpc) is 3.22. The van der Waals surface area contributed by atoms with Gasteiger partial charge in [-0.05, 0) is 24.6 Å². The van der Waals surface area contributed by atoms with Crippen molar-refractivity contribution in [3.8, 4) is 22.1 Å². The Morgan fingerprint density at radius 3 is 2.48 bits per heavy atom. The molecule has 0 fully saturated rings. The number of rotatable bonds is 6. The van der Waals surface area contributed by atoms with E-state index in [0.29, 0.717) is 17.2 Å². The van der Waals surface area contributed by atoms with Gasteiger partial charge in [-0.2, -0.15) is 0 Å². The molecule has 0 saturated carbocycles. The molecule has 0 aliphatic carbocycles. The Morgan fingerprint density at radius 1 is 1.07 bits per heavy atom. The molecule has 2 aromatic carbocycles. The summed E-state index contributed by atoms with van der Waals surface area (Å²) in [5.41, 5.74) is 2.31. The van der Waals surface area contributed by atoms with Crippen molar-refractivity contribution >= 4 is 17.2 Å². The Kier molecular flexibility index (Phi) is 5.76. The minimum absolute atomic E-state index is 0.0461. The van der Waals surface area contributed by atoms with Crippen molar-refractivity contribution in [3.05, 3.63) is 65.2 Å². The molecule has 1 atom stereocenters. The summed E-state index contributed by atoms with van der Waals surface area (Å²) < 4.78 is 10.8. The first-order valence-corrected chi connectivity index (χ1v) is 9.43. The molecule has 3 rings (SSSR count). The summed E-state index contributed by atoms with van der Waals surface area (Å²) in [5.74, 6) is 1.13. The van der Waals surface area contributed by atoms with Crippen LogP contribution >= 0.6 is 11.3 Å². The quantitative estimate of drug-likeness (QED) is 0.622. The molecule has 0 aliphatic rings. The summed E-state index contributed by atoms with van der Waals surface area (Å²) >= 11 is 1.41. The lowest BCUT2D eigenvalue weighted by molar-refractivity contribution is 0.0737. The van der Waals surface area contributed by atoms with Crippen LogP contribution in [0.2, 0.25) is 0 Å². The van der Waals surface area contributed by atoms with E-state index in [1.54, 1.807) is 31.5 Å². The van der Waals surface area contributed by atoms with Crippen LogP contribution in [0.25, 0.3) is 10.6 Å². The minimum atomic E-state index is -0.115. The summed E-state index contributed by atoms with van der Waals surface area (Å²) in [6.45, 7) is 2.01. The normalized spacial score (nSPS) is 11.7. The Balaban J connectivity index is 1.87. The van der Waals surface area contributed by atoms with Crippen LogP contribution in [0.15, 0.2) is 53.9 Å². The average molecular weight is 382 g/mol. The molecule has 0 aliphatic heterocycles. The maximum absolute atomic E-state index is 12.9. The number of ether oxygens (including phenoxy) is 2. The van der Waals surface area contributed by atoms with Crippen LogP contribution in [0.3, 0.4) is 0 Å². The van der Waals surface area contributed by atoms with Gasteiger partial charge in [-0.25, -0.2) is 4.98 Å². The monoisotopic (exact) mass is 382 g/mol. The lowest BCUT2D eigenvalue weighted by Gasteiger charge is -2.24. The van der Waals surface area contributed by atoms with Crippen molar-refractivity contribution in [3.63, 3.8) is 0 Å². The summed E-state index contributed by atoms with van der Waals surface area (Å²) in [6, 6.07) is 15.5. The summed E-state index contributed by atoms with van der Waals surface area (Å²) in [7, 11) is 4.99. The van der Waals surface area contributed by atoms with Crippen molar-refractivity contribution in [2.75, 3.05) is 21.3 Å². The van der Waals surface area contributed by atoms with Crippen LogP contribution in [0.1, 0.15) is 29.0 Å². The molecule has 27 heavy (non-hydrogen) atoms. The zero-order valence-corrected chi connectivity index (χ0v) is 16.6. The molecule has 1 amide bonds. The van der Waals surface area contributed by atoms with E-state index in [1.807, 2.05) is 55.5 Å². The zero-order chi connectivity index (χ0) is 19.4. The Hall–Kier alpha value is -2.86. The van der Waals surface area contributed by atoms with Crippen molar-refractivity contribution in [1.82, 2.24) is 9.88 Å². The number of aromatic nitrogens is 1. The van der Waals surface area contributed by atoms with Crippen LogP contribution in [0.5, 0.6) is 11.5 Å². The van der Waals surface area contributed by atoms with E-state index in [-0.39, 0.29) is 11.9 Å². The predicted molar refractivity (Wildman–Crippen MR) is 108 cm³/mol. The second-order valence-electron chi connectivity index (χ2n) is 6.08. The number of amides is 1. The van der Waals surface area contributed by atoms with Crippen LogP contribution in [-0.4, -0.2) is 37.1 Å². The number of carbonyl (C=O) groups excluding carboxylic acids is 1. The summed E-state index contributed by atoms with van der Waals surface area (Å²) in [4.78, 5) is 19.2. The fourth-order valence-corrected chi connectivity index (χ4v) is 3.68. The first kappa shape index (κ1) is 18.9. The zero-order valence-electron chi connectivity index (χ0n) is 15.8. The molecule has 0 saturated heterocycles. The van der Waals surface area contributed by atoms with E-state index >= 15 is 0 Å². The molecule has 0 radical (unpaired) electrons. The van der Waals surface area contributed by atoms with Gasteiger partial charge in [-0.15, -0.1) is 11.3 Å². The highest BCUT2D eigenvalue weighted by Gasteiger charge is 2.22. The number of hydrogen-bond donors (Lipinski definition) is 0. The molecule has 3 aromatic rings. The van der Waals surface area contributed by atoms with E-state index in [9.17, 15) is 4.79 Å². The van der Waals surface area contributed by atoms with Crippen LogP contribution in [-0.2, 0) is 0 Å². The van der Waals surface area contributed by atoms with Crippen LogP contribution in [0.4, 0.5) is 0 Å². The van der Waals surface area contributed by atoms with E-state index < -0.39 is 0 Å². The van der Waals surface area contributed by atoms with Crippen molar-refractivity contribution in [2.45, 2.75) is 13.0 Å². The standard InChI is InChI=1S/C21H22N2O3S/c1-14(15-9-6-5-7-10-15)23(2)21(24)17-13-27-20(22-17)16-11-8-12-18(25-3)19(16)26-4/h5-14H,1-4H3/t14-/m0/s1. The third-order valence-electron chi connectivity index (χ3n) is 4.54. The maximum Gasteiger partial charge on any atom is 0.273 e. The van der Waals surface area contributed by atoms with Gasteiger partial charge in [0.1, 0.15) is 10.7 Å². The number of benzene rings is 2. The summed E-state index contributed by atoms with van der Waals surface area (Å²) in [6.07, 6.45) is 0. The Morgan fingerprint density at radius 2 is 1.81 bits per heavy atom. The van der Waals surface area contributed by atoms with Gasteiger partial charge in [-0.3, -0.25) is 4.79 Å². The number of carbonyl (C=O) groups is 1. The van der Waals surface area contributed by atoms with Gasteiger partial charge in [0.15, 0.2) is 11.5 Å². The van der Waals surface area contributed by atoms with Gasteiger partial charge in [0, 0.05) is 12.4 Å². The maximum atomic E-state index is 12.9. The van der Waals surface area contributed by atoms with Gasteiger partial charge in [0.25, 0.3) is 5.91 Å². The van der Waals surface area contributed by atoms with Gasteiger partial charge in [0.05, 0.1) is 25.8 Å². The first-order chi connectivity index (χ1) is 13.1. The summed E-state index contributed by atoms with van der Waals surface area (Å²) in [5, 5.41) is 2.50. The van der Waals surface area contributed by atoms with Crippen molar-refractivity contribution in [2.24, 2.45) is 0 Å². The van der Waals surface area contributed by atoms with Crippen LogP contribution in [0, 0.1) is 0 Å². The molecule has 0 bridgehead atoms. The topological polar surface area (TPSA) is 51.7 Å². The molecule has 140 valence electrons. The van der Waals surface area contributed by atoms with Gasteiger partial charge < -0.3 is 14.4 Å². The fourth-order valence-electron chi connectivity index (χ4n) is 2.86. The molecule has 0 unspecified atom stereocenters. The van der Waals surface area contributed by atoms with Crippen molar-refractivity contribution in [1.29, 1.82) is 0 Å². The van der Waals surface area contributed by atoms with E-state index in [4.69, 9.17) is 9.47 Å². The fraction of sp³-hybridized carbons (Fsp3) is 0.238. The second-order valence-corrected chi connectivity index (χ2v) is 6.94. The number of thiazole rings is 1.